The molecule has 6 nitrogen and oxygen atoms in total. The van der Waals surface area contributed by atoms with Crippen LogP contribution in [0.3, 0.4) is 0 Å². The molecule has 0 aliphatic heterocycles. The van der Waals surface area contributed by atoms with Gasteiger partial charge in [-0.15, -0.1) is 0 Å². The normalized spacial score (nSPS) is 10.2. The smallest absolute Gasteiger partial charge is 0.339 e. The summed E-state index contributed by atoms with van der Waals surface area (Å²) in [5.74, 6) is -1.61. The molecular formula is C16H14ClNO5. The molecule has 0 bridgehead atoms. The van der Waals surface area contributed by atoms with Crippen molar-refractivity contribution in [3.63, 3.8) is 0 Å². The number of nitrogens with one attached hydrogen (secondary N) is 1. The molecule has 0 saturated heterocycles. The van der Waals surface area contributed by atoms with Crippen LogP contribution in [0.4, 0.5) is 5.69 Å². The Morgan fingerprint density at radius 1 is 1.22 bits per heavy atom. The van der Waals surface area contributed by atoms with Crippen LogP contribution in [0.15, 0.2) is 36.4 Å². The van der Waals surface area contributed by atoms with Gasteiger partial charge in [0.05, 0.1) is 0 Å². The average molecular weight is 336 g/mol. The minimum atomic E-state index is -1.25. The van der Waals surface area contributed by atoms with Crippen LogP contribution in [0, 0.1) is 6.92 Å². The summed E-state index contributed by atoms with van der Waals surface area (Å²) in [6.45, 7) is 1.59. The Bertz CT molecular complexity index is 760. The van der Waals surface area contributed by atoms with E-state index in [1.165, 1.54) is 12.1 Å². The van der Waals surface area contributed by atoms with E-state index >= 15 is 0 Å². The Morgan fingerprint density at radius 3 is 2.57 bits per heavy atom. The number of aromatic hydroxyl groups is 1. The molecule has 0 unspecified atom stereocenters. The van der Waals surface area contributed by atoms with E-state index in [0.29, 0.717) is 10.8 Å². The first-order valence-electron chi connectivity index (χ1n) is 6.62. The molecular weight excluding hydrogens is 322 g/mol. The molecule has 0 saturated carbocycles. The molecule has 0 spiro atoms. The molecule has 0 atom stereocenters. The van der Waals surface area contributed by atoms with Gasteiger partial charge in [0.15, 0.2) is 6.61 Å². The molecule has 3 N–H and O–H groups in total. The highest BCUT2D eigenvalue weighted by atomic mass is 35.5. The number of benzene rings is 2. The second-order valence-electron chi connectivity index (χ2n) is 4.78. The fourth-order valence-corrected chi connectivity index (χ4v) is 1.96. The molecule has 0 fully saturated rings. The molecule has 0 heterocycles. The summed E-state index contributed by atoms with van der Waals surface area (Å²) < 4.78 is 5.34. The van der Waals surface area contributed by atoms with Crippen molar-refractivity contribution in [2.75, 3.05) is 11.9 Å². The van der Waals surface area contributed by atoms with Gasteiger partial charge in [-0.2, -0.15) is 0 Å². The first-order valence-corrected chi connectivity index (χ1v) is 6.99. The topological polar surface area (TPSA) is 95.9 Å². The second-order valence-corrected chi connectivity index (χ2v) is 5.19. The number of rotatable bonds is 5. The van der Waals surface area contributed by atoms with Crippen molar-refractivity contribution < 1.29 is 24.5 Å². The van der Waals surface area contributed by atoms with Crippen LogP contribution in [0.25, 0.3) is 0 Å². The Hall–Kier alpha value is -2.73. The molecule has 7 heteroatoms. The quantitative estimate of drug-likeness (QED) is 0.780. The van der Waals surface area contributed by atoms with Gasteiger partial charge < -0.3 is 20.3 Å². The Balaban J connectivity index is 1.95. The largest absolute Gasteiger partial charge is 0.507 e. The number of anilines is 1. The van der Waals surface area contributed by atoms with E-state index in [9.17, 15) is 14.7 Å². The third kappa shape index (κ3) is 4.37. The molecule has 0 aliphatic carbocycles. The summed E-state index contributed by atoms with van der Waals surface area (Å²) in [6.07, 6.45) is 0. The Kier molecular flexibility index (Phi) is 5.08. The minimum Gasteiger partial charge on any atom is -0.507 e. The van der Waals surface area contributed by atoms with Gasteiger partial charge in [0.2, 0.25) is 0 Å². The third-order valence-corrected chi connectivity index (χ3v) is 3.44. The van der Waals surface area contributed by atoms with Crippen molar-refractivity contribution in [1.29, 1.82) is 0 Å². The lowest BCUT2D eigenvalue weighted by atomic mass is 10.2. The highest BCUT2D eigenvalue weighted by molar-refractivity contribution is 6.31. The fourth-order valence-electron chi connectivity index (χ4n) is 1.84. The van der Waals surface area contributed by atoms with Gasteiger partial charge in [-0.25, -0.2) is 4.79 Å². The van der Waals surface area contributed by atoms with Crippen LogP contribution in [0.5, 0.6) is 11.5 Å². The van der Waals surface area contributed by atoms with Gasteiger partial charge >= 0.3 is 5.97 Å². The van der Waals surface area contributed by atoms with Gasteiger partial charge in [0.1, 0.15) is 17.1 Å². The van der Waals surface area contributed by atoms with Gasteiger partial charge in [0.25, 0.3) is 5.91 Å². The number of aromatic carboxylic acids is 1. The number of carbonyl (C=O) groups is 2. The number of phenols is 1. The maximum atomic E-state index is 11.8. The number of carboxylic acid groups (broad SMARTS) is 1. The number of aryl methyl sites for hydroxylation is 1. The highest BCUT2D eigenvalue weighted by Crippen LogP contribution is 2.23. The van der Waals surface area contributed by atoms with E-state index in [-0.39, 0.29) is 17.9 Å². The van der Waals surface area contributed by atoms with E-state index in [2.05, 4.69) is 5.32 Å². The van der Waals surface area contributed by atoms with Crippen molar-refractivity contribution in [1.82, 2.24) is 0 Å². The van der Waals surface area contributed by atoms with E-state index in [4.69, 9.17) is 21.4 Å². The predicted molar refractivity (Wildman–Crippen MR) is 85.4 cm³/mol. The second kappa shape index (κ2) is 7.02. The monoisotopic (exact) mass is 335 g/mol. The summed E-state index contributed by atoms with van der Waals surface area (Å²) >= 11 is 5.90. The molecule has 0 aromatic heterocycles. The van der Waals surface area contributed by atoms with Crippen LogP contribution < -0.4 is 10.1 Å². The number of ether oxygens (including phenoxy) is 1. The molecule has 2 rings (SSSR count). The van der Waals surface area contributed by atoms with Crippen molar-refractivity contribution in [2.24, 2.45) is 0 Å². The summed E-state index contributed by atoms with van der Waals surface area (Å²) in [6, 6.07) is 8.78. The number of hydrogen-bond donors (Lipinski definition) is 3. The zero-order chi connectivity index (χ0) is 17.0. The summed E-state index contributed by atoms with van der Waals surface area (Å²) in [5.41, 5.74) is 0.864. The SMILES string of the molecule is Cc1cc(OCC(=O)Nc2ccc(C(=O)O)c(O)c2)ccc1Cl. The zero-order valence-electron chi connectivity index (χ0n) is 12.2. The molecule has 0 aliphatic rings. The first kappa shape index (κ1) is 16.6. The minimum absolute atomic E-state index is 0.234. The number of hydrogen-bond acceptors (Lipinski definition) is 4. The average Bonchev–Trinajstić information content (AvgIpc) is 2.48. The number of carbonyl (C=O) groups excluding carboxylic acids is 1. The van der Waals surface area contributed by atoms with Crippen LogP contribution in [0.1, 0.15) is 15.9 Å². The molecule has 1 amide bonds. The van der Waals surface area contributed by atoms with E-state index in [1.54, 1.807) is 18.2 Å². The Morgan fingerprint density at radius 2 is 1.96 bits per heavy atom. The maximum absolute atomic E-state index is 11.8. The summed E-state index contributed by atoms with van der Waals surface area (Å²) in [5, 5.41) is 21.5. The van der Waals surface area contributed by atoms with Crippen molar-refractivity contribution in [2.45, 2.75) is 6.92 Å². The van der Waals surface area contributed by atoms with Crippen molar-refractivity contribution in [3.05, 3.63) is 52.5 Å². The fraction of sp³-hybridized carbons (Fsp3) is 0.125. The predicted octanol–water partition coefficient (Wildman–Crippen LogP) is 3.07. The van der Waals surface area contributed by atoms with Crippen LogP contribution in [-0.2, 0) is 4.79 Å². The lowest BCUT2D eigenvalue weighted by molar-refractivity contribution is -0.118. The molecule has 23 heavy (non-hydrogen) atoms. The van der Waals surface area contributed by atoms with E-state index in [0.717, 1.165) is 11.6 Å². The highest BCUT2D eigenvalue weighted by Gasteiger charge is 2.11. The van der Waals surface area contributed by atoms with Gasteiger partial charge in [-0.05, 0) is 42.8 Å². The number of amides is 1. The Labute approximate surface area is 137 Å². The van der Waals surface area contributed by atoms with E-state index < -0.39 is 17.6 Å². The zero-order valence-corrected chi connectivity index (χ0v) is 12.9. The van der Waals surface area contributed by atoms with Gasteiger partial charge in [-0.3, -0.25) is 4.79 Å². The molecule has 2 aromatic carbocycles. The maximum Gasteiger partial charge on any atom is 0.339 e. The van der Waals surface area contributed by atoms with E-state index in [1.807, 2.05) is 6.92 Å². The molecule has 0 radical (unpaired) electrons. The lowest BCUT2D eigenvalue weighted by Gasteiger charge is -2.09. The van der Waals surface area contributed by atoms with Crippen LogP contribution >= 0.6 is 11.6 Å². The molecule has 120 valence electrons. The first-order chi connectivity index (χ1) is 10.9. The molecule has 2 aromatic rings. The van der Waals surface area contributed by atoms with Crippen molar-refractivity contribution >= 4 is 29.2 Å². The summed E-state index contributed by atoms with van der Waals surface area (Å²) in [7, 11) is 0. The van der Waals surface area contributed by atoms with Gasteiger partial charge in [-0.1, -0.05) is 11.6 Å². The number of halogens is 1. The van der Waals surface area contributed by atoms with Crippen molar-refractivity contribution in [3.8, 4) is 11.5 Å². The number of carboxylic acids is 1. The van der Waals surface area contributed by atoms with Crippen LogP contribution in [0.2, 0.25) is 5.02 Å². The standard InChI is InChI=1S/C16H14ClNO5/c1-9-6-11(3-5-13(9)17)23-8-15(20)18-10-2-4-12(16(21)22)14(19)7-10/h2-7,19H,8H2,1H3,(H,18,20)(H,21,22). The van der Waals surface area contributed by atoms with Gasteiger partial charge in [0, 0.05) is 16.8 Å². The third-order valence-electron chi connectivity index (χ3n) is 3.01. The lowest BCUT2D eigenvalue weighted by Crippen LogP contribution is -2.20. The summed E-state index contributed by atoms with van der Waals surface area (Å²) in [4.78, 5) is 22.6. The van der Waals surface area contributed by atoms with Crippen LogP contribution in [-0.4, -0.2) is 28.7 Å².